The van der Waals surface area contributed by atoms with Gasteiger partial charge in [-0.05, 0) is 31.0 Å². The number of hydrogen-bond donors (Lipinski definition) is 1. The number of amides is 1. The number of benzene rings is 1. The molecule has 0 saturated carbocycles. The maximum Gasteiger partial charge on any atom is 0.244 e. The van der Waals surface area contributed by atoms with Crippen molar-refractivity contribution in [3.63, 3.8) is 0 Å². The molecule has 1 heterocycles. The van der Waals surface area contributed by atoms with Crippen LogP contribution in [0.2, 0.25) is 0 Å². The first-order chi connectivity index (χ1) is 10.8. The van der Waals surface area contributed by atoms with Crippen LogP contribution in [-0.4, -0.2) is 29.8 Å². The van der Waals surface area contributed by atoms with Crippen LogP contribution in [-0.2, 0) is 26.8 Å². The molecule has 0 spiro atoms. The second-order valence-corrected chi connectivity index (χ2v) is 9.22. The Labute approximate surface area is 147 Å². The molecule has 0 aliphatic heterocycles. The molecule has 23 heavy (non-hydrogen) atoms. The Kier molecular flexibility index (Phi) is 5.88. The fourth-order valence-electron chi connectivity index (χ4n) is 1.80. The van der Waals surface area contributed by atoms with Crippen molar-refractivity contribution >= 4 is 48.1 Å². The molecule has 0 unspecified atom stereocenters. The fraction of sp³-hybridized carbons (Fsp3) is 0.357. The maximum atomic E-state index is 12.4. The van der Waals surface area contributed by atoms with E-state index in [4.69, 9.17) is 0 Å². The lowest BCUT2D eigenvalue weighted by atomic mass is 10.2. The number of aromatic nitrogens is 2. The SMILES string of the molecule is CCc1nnc(NC(=O)[C@@H](C)S(=O)(=O)Cc2cccc(Br)c2)s1. The van der Waals surface area contributed by atoms with E-state index in [-0.39, 0.29) is 5.75 Å². The van der Waals surface area contributed by atoms with Crippen molar-refractivity contribution in [1.82, 2.24) is 10.2 Å². The molecular formula is C14H16BrN3O3S2. The average molecular weight is 418 g/mol. The molecule has 0 radical (unpaired) electrons. The summed E-state index contributed by atoms with van der Waals surface area (Å²) in [4.78, 5) is 12.2. The first kappa shape index (κ1) is 18.0. The molecule has 1 aromatic heterocycles. The molecule has 1 amide bonds. The number of sulfone groups is 1. The van der Waals surface area contributed by atoms with Crippen LogP contribution >= 0.6 is 27.3 Å². The zero-order chi connectivity index (χ0) is 17.0. The highest BCUT2D eigenvalue weighted by Gasteiger charge is 2.29. The van der Waals surface area contributed by atoms with Crippen LogP contribution in [0.5, 0.6) is 0 Å². The maximum absolute atomic E-state index is 12.4. The minimum Gasteiger partial charge on any atom is -0.299 e. The molecule has 1 aromatic carbocycles. The van der Waals surface area contributed by atoms with Crippen LogP contribution < -0.4 is 5.32 Å². The highest BCUT2D eigenvalue weighted by Crippen LogP contribution is 2.19. The lowest BCUT2D eigenvalue weighted by molar-refractivity contribution is -0.115. The standard InChI is InChI=1S/C14H16BrN3O3S2/c1-3-12-17-18-14(22-12)16-13(19)9(2)23(20,21)8-10-5-4-6-11(15)7-10/h4-7,9H,3,8H2,1-2H3,(H,16,18,19)/t9-/m1/s1. The van der Waals surface area contributed by atoms with E-state index in [0.717, 1.165) is 9.48 Å². The van der Waals surface area contributed by atoms with Crippen LogP contribution in [0.1, 0.15) is 24.4 Å². The van der Waals surface area contributed by atoms with Gasteiger partial charge in [0.05, 0.1) is 5.75 Å². The second kappa shape index (κ2) is 7.50. The number of aryl methyl sites for hydroxylation is 1. The number of carbonyl (C=O) groups excluding carboxylic acids is 1. The van der Waals surface area contributed by atoms with E-state index in [1.54, 1.807) is 18.2 Å². The molecule has 2 rings (SSSR count). The normalized spacial score (nSPS) is 12.8. The summed E-state index contributed by atoms with van der Waals surface area (Å²) in [6, 6.07) is 7.01. The summed E-state index contributed by atoms with van der Waals surface area (Å²) in [5, 5.41) is 10.2. The third kappa shape index (κ3) is 4.82. The van der Waals surface area contributed by atoms with Crippen molar-refractivity contribution < 1.29 is 13.2 Å². The predicted molar refractivity (Wildman–Crippen MR) is 94.1 cm³/mol. The van der Waals surface area contributed by atoms with Gasteiger partial charge in [0.25, 0.3) is 0 Å². The van der Waals surface area contributed by atoms with Gasteiger partial charge in [0.2, 0.25) is 11.0 Å². The monoisotopic (exact) mass is 417 g/mol. The van der Waals surface area contributed by atoms with Crippen molar-refractivity contribution in [2.24, 2.45) is 0 Å². The summed E-state index contributed by atoms with van der Waals surface area (Å²) in [6.45, 7) is 3.31. The number of halogens is 1. The van der Waals surface area contributed by atoms with E-state index in [0.29, 0.717) is 17.1 Å². The van der Waals surface area contributed by atoms with Gasteiger partial charge in [0, 0.05) is 4.47 Å². The molecule has 9 heteroatoms. The van der Waals surface area contributed by atoms with Gasteiger partial charge in [0.1, 0.15) is 10.3 Å². The molecule has 0 bridgehead atoms. The third-order valence-electron chi connectivity index (χ3n) is 3.16. The van der Waals surface area contributed by atoms with Crippen LogP contribution in [0, 0.1) is 0 Å². The summed E-state index contributed by atoms with van der Waals surface area (Å²) in [5.74, 6) is -0.795. The highest BCUT2D eigenvalue weighted by atomic mass is 79.9. The quantitative estimate of drug-likeness (QED) is 0.780. The summed E-state index contributed by atoms with van der Waals surface area (Å²) in [7, 11) is -3.62. The summed E-state index contributed by atoms with van der Waals surface area (Å²) in [5.41, 5.74) is 0.628. The molecule has 6 nitrogen and oxygen atoms in total. The Bertz CT molecular complexity index is 805. The van der Waals surface area contributed by atoms with Crippen molar-refractivity contribution in [3.8, 4) is 0 Å². The van der Waals surface area contributed by atoms with E-state index >= 15 is 0 Å². The molecule has 124 valence electrons. The van der Waals surface area contributed by atoms with Crippen LogP contribution in [0.25, 0.3) is 0 Å². The fourth-order valence-corrected chi connectivity index (χ4v) is 4.21. The Morgan fingerprint density at radius 1 is 1.39 bits per heavy atom. The lowest BCUT2D eigenvalue weighted by Crippen LogP contribution is -2.33. The molecular weight excluding hydrogens is 402 g/mol. The van der Waals surface area contributed by atoms with Gasteiger partial charge in [-0.2, -0.15) is 0 Å². The zero-order valence-corrected chi connectivity index (χ0v) is 15.8. The predicted octanol–water partition coefficient (Wildman–Crippen LogP) is 2.81. The molecule has 1 N–H and O–H groups in total. The smallest absolute Gasteiger partial charge is 0.244 e. The van der Waals surface area contributed by atoms with Crippen molar-refractivity contribution in [1.29, 1.82) is 0 Å². The summed E-state index contributed by atoms with van der Waals surface area (Å²) in [6.07, 6.45) is 0.713. The third-order valence-corrected chi connectivity index (χ3v) is 6.67. The van der Waals surface area contributed by atoms with E-state index in [1.165, 1.54) is 18.3 Å². The minimum atomic E-state index is -3.62. The number of hydrogen-bond acceptors (Lipinski definition) is 6. The number of rotatable bonds is 6. The molecule has 0 aliphatic rings. The van der Waals surface area contributed by atoms with Crippen LogP contribution in [0.4, 0.5) is 5.13 Å². The topological polar surface area (TPSA) is 89.0 Å². The molecule has 0 fully saturated rings. The largest absolute Gasteiger partial charge is 0.299 e. The number of nitrogens with zero attached hydrogens (tertiary/aromatic N) is 2. The van der Waals surface area contributed by atoms with E-state index in [9.17, 15) is 13.2 Å². The lowest BCUT2D eigenvalue weighted by Gasteiger charge is -2.12. The van der Waals surface area contributed by atoms with Gasteiger partial charge in [-0.25, -0.2) is 8.42 Å². The first-order valence-electron chi connectivity index (χ1n) is 6.91. The number of nitrogens with one attached hydrogen (secondary N) is 1. The van der Waals surface area contributed by atoms with Gasteiger partial charge < -0.3 is 0 Å². The Hall–Kier alpha value is -1.32. The Balaban J connectivity index is 2.07. The Morgan fingerprint density at radius 2 is 2.13 bits per heavy atom. The molecule has 1 atom stereocenters. The van der Waals surface area contributed by atoms with Gasteiger partial charge in [-0.15, -0.1) is 10.2 Å². The number of carbonyl (C=O) groups is 1. The molecule has 0 aliphatic carbocycles. The van der Waals surface area contributed by atoms with Crippen molar-refractivity contribution in [2.45, 2.75) is 31.3 Å². The van der Waals surface area contributed by atoms with Gasteiger partial charge in [-0.3, -0.25) is 10.1 Å². The highest BCUT2D eigenvalue weighted by molar-refractivity contribution is 9.10. The van der Waals surface area contributed by atoms with Crippen LogP contribution in [0.15, 0.2) is 28.7 Å². The average Bonchev–Trinajstić information content (AvgIpc) is 2.93. The van der Waals surface area contributed by atoms with Gasteiger partial charge >= 0.3 is 0 Å². The van der Waals surface area contributed by atoms with E-state index < -0.39 is 21.0 Å². The minimum absolute atomic E-state index is 0.197. The zero-order valence-electron chi connectivity index (χ0n) is 12.6. The van der Waals surface area contributed by atoms with Crippen LogP contribution in [0.3, 0.4) is 0 Å². The summed E-state index contributed by atoms with van der Waals surface area (Å²) >= 11 is 4.54. The van der Waals surface area contributed by atoms with Crippen molar-refractivity contribution in [2.75, 3.05) is 5.32 Å². The number of anilines is 1. The Morgan fingerprint density at radius 3 is 2.74 bits per heavy atom. The van der Waals surface area contributed by atoms with Gasteiger partial charge in [0.15, 0.2) is 9.84 Å². The second-order valence-electron chi connectivity index (χ2n) is 4.92. The summed E-state index contributed by atoms with van der Waals surface area (Å²) < 4.78 is 25.6. The molecule has 0 saturated heterocycles. The first-order valence-corrected chi connectivity index (χ1v) is 10.2. The van der Waals surface area contributed by atoms with Gasteiger partial charge in [-0.1, -0.05) is 46.3 Å². The van der Waals surface area contributed by atoms with E-state index in [2.05, 4.69) is 31.4 Å². The van der Waals surface area contributed by atoms with Crippen molar-refractivity contribution in [3.05, 3.63) is 39.3 Å². The molecule has 2 aromatic rings. The van der Waals surface area contributed by atoms with E-state index in [1.807, 2.05) is 13.0 Å².